The number of hydrogen-bond donors (Lipinski definition) is 0. The first-order valence-corrected chi connectivity index (χ1v) is 5.72. The third kappa shape index (κ3) is 2.42. The molecule has 0 N–H and O–H groups in total. The van der Waals surface area contributed by atoms with E-state index in [0.29, 0.717) is 16.1 Å². The van der Waals surface area contributed by atoms with Crippen molar-refractivity contribution < 1.29 is 28.8 Å². The van der Waals surface area contributed by atoms with Crippen molar-refractivity contribution in [3.63, 3.8) is 0 Å². The fourth-order valence-corrected chi connectivity index (χ4v) is 1.97. The van der Waals surface area contributed by atoms with Crippen LogP contribution in [0.4, 0.5) is 0 Å². The fraction of sp³-hybridized carbons (Fsp3) is 0. The predicted molar refractivity (Wildman–Crippen MR) is 62.1 cm³/mol. The van der Waals surface area contributed by atoms with Crippen LogP contribution in [0.15, 0.2) is 35.2 Å². The van der Waals surface area contributed by atoms with Crippen LogP contribution in [0.3, 0.4) is 0 Å². The van der Waals surface area contributed by atoms with E-state index in [-0.39, 0.29) is 24.6 Å². The molecule has 0 saturated heterocycles. The zero-order valence-corrected chi connectivity index (χ0v) is 11.4. The van der Waals surface area contributed by atoms with Gasteiger partial charge in [0.1, 0.15) is 4.60 Å². The third-order valence-corrected chi connectivity index (χ3v) is 2.71. The molecule has 9 heteroatoms. The van der Waals surface area contributed by atoms with Crippen molar-refractivity contribution in [2.24, 2.45) is 0 Å². The number of halogens is 1. The van der Waals surface area contributed by atoms with E-state index in [1.54, 1.807) is 24.5 Å². The molecule has 3 heterocycles. The number of fused-ring (bicyclic) bond motifs is 1. The number of carboxylic acids is 1. The molecule has 0 amide bonds. The number of rotatable bonds is 2. The molecule has 0 aliphatic carbocycles. The molecule has 19 heavy (non-hydrogen) atoms. The normalized spacial score (nSPS) is 10.4. The van der Waals surface area contributed by atoms with Gasteiger partial charge in [-0.3, -0.25) is 0 Å². The fourth-order valence-electron chi connectivity index (χ4n) is 1.60. The summed E-state index contributed by atoms with van der Waals surface area (Å²) in [6.45, 7) is 0. The van der Waals surface area contributed by atoms with Gasteiger partial charge in [0.15, 0.2) is 11.5 Å². The molecule has 0 aromatic carbocycles. The molecule has 0 radical (unpaired) electrons. The second kappa shape index (κ2) is 5.17. The third-order valence-electron chi connectivity index (χ3n) is 2.33. The Morgan fingerprint density at radius 3 is 2.79 bits per heavy atom. The maximum atomic E-state index is 10.9. The topological polar surface area (TPSA) is 88.1 Å². The van der Waals surface area contributed by atoms with E-state index in [9.17, 15) is 9.90 Å². The molecular weight excluding hydrogens is 309 g/mol. The van der Waals surface area contributed by atoms with E-state index in [4.69, 9.17) is 0 Å². The summed E-state index contributed by atoms with van der Waals surface area (Å²) in [7, 11) is 0. The van der Waals surface area contributed by atoms with E-state index < -0.39 is 5.97 Å². The maximum absolute atomic E-state index is 10.9. The Labute approximate surface area is 127 Å². The Morgan fingerprint density at radius 2 is 2.16 bits per heavy atom. The van der Waals surface area contributed by atoms with Crippen molar-refractivity contribution in [3.05, 3.63) is 40.9 Å². The van der Waals surface area contributed by atoms with Crippen molar-refractivity contribution in [2.75, 3.05) is 0 Å². The van der Waals surface area contributed by atoms with E-state index >= 15 is 0 Å². The maximum Gasteiger partial charge on any atom is 1.00 e. The number of aromatic nitrogens is 5. The number of nitrogens with zero attached hydrogens (tertiary/aromatic N) is 5. The first-order valence-electron chi connectivity index (χ1n) is 4.93. The Balaban J connectivity index is 0.00000133. The molecule has 0 bridgehead atoms. The van der Waals surface area contributed by atoms with Crippen molar-refractivity contribution in [1.29, 1.82) is 0 Å². The number of hydrogen-bond acceptors (Lipinski definition) is 5. The molecule has 0 aliphatic rings. The van der Waals surface area contributed by atoms with Crippen molar-refractivity contribution in [3.8, 4) is 5.82 Å². The molecule has 0 saturated carbocycles. The van der Waals surface area contributed by atoms with Gasteiger partial charge in [-0.25, -0.2) is 9.67 Å². The first-order chi connectivity index (χ1) is 8.65. The van der Waals surface area contributed by atoms with Crippen LogP contribution in [-0.2, 0) is 0 Å². The van der Waals surface area contributed by atoms with Gasteiger partial charge < -0.3 is 9.90 Å². The average molecular weight is 314 g/mol. The van der Waals surface area contributed by atoms with Gasteiger partial charge in [0.25, 0.3) is 0 Å². The molecule has 7 nitrogen and oxygen atoms in total. The summed E-state index contributed by atoms with van der Waals surface area (Å²) in [5.41, 5.74) is 0.231. The van der Waals surface area contributed by atoms with E-state index in [2.05, 4.69) is 31.1 Å². The Hall–Kier alpha value is -1.62. The minimum atomic E-state index is -1.34. The number of aromatic carboxylic acids is 1. The number of carbonyl (C=O) groups is 1. The monoisotopic (exact) mass is 313 g/mol. The second-order valence-corrected chi connectivity index (χ2v) is 4.29. The van der Waals surface area contributed by atoms with Gasteiger partial charge in [-0.15, -0.1) is 0 Å². The molecule has 3 rings (SSSR count). The average Bonchev–Trinajstić information content (AvgIpc) is 2.94. The van der Waals surface area contributed by atoms with Gasteiger partial charge >= 0.3 is 18.9 Å². The van der Waals surface area contributed by atoms with Crippen LogP contribution >= 0.6 is 15.9 Å². The predicted octanol–water partition coefficient (Wildman–Crippen LogP) is -2.95. The van der Waals surface area contributed by atoms with Crippen LogP contribution < -0.4 is 24.0 Å². The molecular formula is C10H5BrLiN5O2. The van der Waals surface area contributed by atoms with Crippen molar-refractivity contribution in [2.45, 2.75) is 0 Å². The zero-order chi connectivity index (χ0) is 12.7. The zero-order valence-electron chi connectivity index (χ0n) is 9.82. The summed E-state index contributed by atoms with van der Waals surface area (Å²) in [6, 6.07) is 4.69. The minimum absolute atomic E-state index is 0. The van der Waals surface area contributed by atoms with Gasteiger partial charge in [-0.1, -0.05) is 0 Å². The SMILES string of the molecule is O=C([O-])c1cc(-n2cccn2)n2nc(Br)cc2n1.[Li+]. The molecule has 0 spiro atoms. The smallest absolute Gasteiger partial charge is 0.543 e. The Bertz CT molecular complexity index is 740. The van der Waals surface area contributed by atoms with Crippen LogP contribution in [0.25, 0.3) is 11.5 Å². The van der Waals surface area contributed by atoms with Crippen LogP contribution in [0, 0.1) is 0 Å². The molecule has 0 unspecified atom stereocenters. The Kier molecular flexibility index (Phi) is 3.75. The quantitative estimate of drug-likeness (QED) is 0.472. The summed E-state index contributed by atoms with van der Waals surface area (Å²) in [6.07, 6.45) is 3.27. The van der Waals surface area contributed by atoms with Crippen molar-refractivity contribution >= 4 is 27.5 Å². The van der Waals surface area contributed by atoms with Crippen LogP contribution in [0.2, 0.25) is 0 Å². The Morgan fingerprint density at radius 1 is 1.37 bits per heavy atom. The van der Waals surface area contributed by atoms with E-state index in [0.717, 1.165) is 0 Å². The molecule has 3 aromatic heterocycles. The molecule has 90 valence electrons. The van der Waals surface area contributed by atoms with E-state index in [1.165, 1.54) is 15.3 Å². The first kappa shape index (κ1) is 13.8. The summed E-state index contributed by atoms with van der Waals surface area (Å²) in [4.78, 5) is 14.9. The van der Waals surface area contributed by atoms with Gasteiger partial charge in [0.2, 0.25) is 0 Å². The van der Waals surface area contributed by atoms with Crippen LogP contribution in [0.5, 0.6) is 0 Å². The molecule has 0 fully saturated rings. The van der Waals surface area contributed by atoms with Gasteiger partial charge in [0.05, 0.1) is 11.7 Å². The van der Waals surface area contributed by atoms with Crippen LogP contribution in [-0.4, -0.2) is 30.3 Å². The number of carbonyl (C=O) groups excluding carboxylic acids is 1. The minimum Gasteiger partial charge on any atom is -0.543 e. The summed E-state index contributed by atoms with van der Waals surface area (Å²) < 4.78 is 3.54. The summed E-state index contributed by atoms with van der Waals surface area (Å²) in [5, 5.41) is 19.1. The van der Waals surface area contributed by atoms with Crippen LogP contribution in [0.1, 0.15) is 10.5 Å². The van der Waals surface area contributed by atoms with Crippen molar-refractivity contribution in [1.82, 2.24) is 24.4 Å². The molecule has 0 aliphatic heterocycles. The van der Waals surface area contributed by atoms with Gasteiger partial charge in [-0.05, 0) is 22.0 Å². The standard InChI is InChI=1S/C10H6BrN5O2.Li/c11-7-5-8-13-6(10(17)18)4-9(16(8)14-7)15-3-1-2-12-15;/h1-5H,(H,17,18);/q;+1/p-1. The van der Waals surface area contributed by atoms with Gasteiger partial charge in [-0.2, -0.15) is 14.7 Å². The largest absolute Gasteiger partial charge is 1.00 e. The summed E-state index contributed by atoms with van der Waals surface area (Å²) >= 11 is 3.22. The number of carboxylic acid groups (broad SMARTS) is 1. The van der Waals surface area contributed by atoms with Gasteiger partial charge in [0, 0.05) is 24.5 Å². The second-order valence-electron chi connectivity index (χ2n) is 3.47. The molecule has 0 atom stereocenters. The molecule has 3 aromatic rings. The summed E-state index contributed by atoms with van der Waals surface area (Å²) in [5.74, 6) is -0.877. The van der Waals surface area contributed by atoms with E-state index in [1.807, 2.05) is 0 Å².